The summed E-state index contributed by atoms with van der Waals surface area (Å²) in [7, 11) is 3.88. The van der Waals surface area contributed by atoms with Crippen LogP contribution in [0.4, 0.5) is 0 Å². The number of likely N-dealkylation sites (N-methyl/N-ethyl adjacent to an activating group) is 1. The Kier molecular flexibility index (Phi) is 4.98. The van der Waals surface area contributed by atoms with E-state index < -0.39 is 0 Å². The lowest BCUT2D eigenvalue weighted by Gasteiger charge is -2.15. The van der Waals surface area contributed by atoms with Crippen LogP contribution >= 0.6 is 11.6 Å². The van der Waals surface area contributed by atoms with Gasteiger partial charge in [0.1, 0.15) is 5.75 Å². The van der Waals surface area contributed by atoms with Crippen LogP contribution in [0.25, 0.3) is 16.5 Å². The molecule has 0 amide bonds. The Hall–Kier alpha value is -2.23. The molecule has 1 aliphatic rings. The van der Waals surface area contributed by atoms with Crippen molar-refractivity contribution in [3.8, 4) is 5.75 Å². The minimum absolute atomic E-state index is 0.781. The van der Waals surface area contributed by atoms with Gasteiger partial charge in [-0.15, -0.1) is 0 Å². The molecule has 0 saturated carbocycles. The van der Waals surface area contributed by atoms with E-state index in [0.29, 0.717) is 0 Å². The Morgan fingerprint density at radius 3 is 2.59 bits per heavy atom. The topological polar surface area (TPSA) is 17.4 Å². The third-order valence-electron chi connectivity index (χ3n) is 5.57. The monoisotopic (exact) mass is 380 g/mol. The summed E-state index contributed by atoms with van der Waals surface area (Å²) in [5.41, 5.74) is 6.37. The lowest BCUT2D eigenvalue weighted by molar-refractivity contribution is 0.351. The summed E-state index contributed by atoms with van der Waals surface area (Å²) in [6.45, 7) is 7.31. The molecule has 1 aliphatic heterocycles. The molecule has 0 atom stereocenters. The molecule has 0 radical (unpaired) electrons. The number of rotatable bonds is 4. The first-order valence-electron chi connectivity index (χ1n) is 9.37. The largest absolute Gasteiger partial charge is 0.497 e. The van der Waals surface area contributed by atoms with Gasteiger partial charge in [0.05, 0.1) is 7.11 Å². The minimum atomic E-state index is 0.781. The summed E-state index contributed by atoms with van der Waals surface area (Å²) < 4.78 is 7.71. The molecule has 1 aromatic heterocycles. The molecule has 4 rings (SSSR count). The molecule has 0 saturated heterocycles. The van der Waals surface area contributed by atoms with E-state index in [1.807, 2.05) is 18.2 Å². The molecule has 0 bridgehead atoms. The van der Waals surface area contributed by atoms with Crippen LogP contribution in [0.2, 0.25) is 5.02 Å². The number of hydrogen-bond donors (Lipinski definition) is 0. The summed E-state index contributed by atoms with van der Waals surface area (Å²) in [5, 5.41) is 2.09. The van der Waals surface area contributed by atoms with E-state index in [-0.39, 0.29) is 0 Å². The maximum Gasteiger partial charge on any atom is 0.118 e. The van der Waals surface area contributed by atoms with Crippen molar-refractivity contribution in [1.29, 1.82) is 0 Å². The van der Waals surface area contributed by atoms with Gasteiger partial charge in [0.15, 0.2) is 0 Å². The molecule has 0 N–H and O–H groups in total. The highest BCUT2D eigenvalue weighted by molar-refractivity contribution is 6.31. The van der Waals surface area contributed by atoms with E-state index in [1.165, 1.54) is 22.2 Å². The Morgan fingerprint density at radius 1 is 1.11 bits per heavy atom. The Labute approximate surface area is 165 Å². The molecular formula is C23H25ClN2O. The van der Waals surface area contributed by atoms with Gasteiger partial charge in [0.25, 0.3) is 0 Å². The van der Waals surface area contributed by atoms with Crippen molar-refractivity contribution in [2.75, 3.05) is 27.2 Å². The summed E-state index contributed by atoms with van der Waals surface area (Å²) in [6, 6.07) is 14.4. The van der Waals surface area contributed by atoms with Gasteiger partial charge in [-0.3, -0.25) is 0 Å². The molecule has 27 heavy (non-hydrogen) atoms. The van der Waals surface area contributed by atoms with E-state index >= 15 is 0 Å². The van der Waals surface area contributed by atoms with E-state index in [9.17, 15) is 0 Å². The predicted molar refractivity (Wildman–Crippen MR) is 114 cm³/mol. The maximum absolute atomic E-state index is 6.32. The Balaban J connectivity index is 1.75. The van der Waals surface area contributed by atoms with Crippen LogP contribution in [-0.4, -0.2) is 36.7 Å². The van der Waals surface area contributed by atoms with Crippen LogP contribution in [0.15, 0.2) is 49.0 Å². The number of hydrogen-bond acceptors (Lipinski definition) is 2. The smallest absolute Gasteiger partial charge is 0.118 e. The second-order valence-electron chi connectivity index (χ2n) is 7.31. The van der Waals surface area contributed by atoms with Gasteiger partial charge in [0, 0.05) is 47.7 Å². The first-order chi connectivity index (χ1) is 13.1. The minimum Gasteiger partial charge on any atom is -0.497 e. The van der Waals surface area contributed by atoms with Gasteiger partial charge >= 0.3 is 0 Å². The van der Waals surface area contributed by atoms with E-state index in [1.54, 1.807) is 7.11 Å². The highest BCUT2D eigenvalue weighted by Gasteiger charge is 2.21. The number of allylic oxidation sites excluding steroid dienone is 1. The molecule has 140 valence electrons. The van der Waals surface area contributed by atoms with Crippen molar-refractivity contribution in [2.24, 2.45) is 0 Å². The number of benzene rings is 2. The number of aromatic nitrogens is 1. The zero-order valence-corrected chi connectivity index (χ0v) is 16.7. The number of methoxy groups -OCH3 is 1. The third-order valence-corrected chi connectivity index (χ3v) is 5.80. The molecule has 3 aromatic rings. The quantitative estimate of drug-likeness (QED) is 0.630. The standard InChI is InChI=1S/C23H25ClN2O/c1-16(17-4-7-19(27-3)8-5-17)15-26-22-9-6-18(24)14-21(22)20-10-12-25(2)13-11-23(20)26/h4-9,14H,1,10-13,15H2,2-3H3. The van der Waals surface area contributed by atoms with Crippen molar-refractivity contribution in [3.63, 3.8) is 0 Å². The molecule has 0 spiro atoms. The van der Waals surface area contributed by atoms with Crippen molar-refractivity contribution in [3.05, 3.63) is 70.9 Å². The van der Waals surface area contributed by atoms with Gasteiger partial charge in [-0.2, -0.15) is 0 Å². The summed E-state index contributed by atoms with van der Waals surface area (Å²) in [5.74, 6) is 0.865. The van der Waals surface area contributed by atoms with Gasteiger partial charge in [-0.05, 0) is 60.5 Å². The van der Waals surface area contributed by atoms with E-state index in [2.05, 4.69) is 47.4 Å². The normalized spacial score (nSPS) is 14.8. The highest BCUT2D eigenvalue weighted by atomic mass is 35.5. The fraction of sp³-hybridized carbons (Fsp3) is 0.304. The van der Waals surface area contributed by atoms with Crippen LogP contribution in [0.3, 0.4) is 0 Å². The molecule has 4 heteroatoms. The third kappa shape index (κ3) is 3.50. The Bertz CT molecular complexity index is 988. The average Bonchev–Trinajstić information content (AvgIpc) is 2.82. The molecule has 0 aliphatic carbocycles. The molecule has 2 heterocycles. The Morgan fingerprint density at radius 2 is 1.85 bits per heavy atom. The van der Waals surface area contributed by atoms with Crippen molar-refractivity contribution < 1.29 is 4.74 Å². The summed E-state index contributed by atoms with van der Waals surface area (Å²) in [6.07, 6.45) is 2.11. The first kappa shape index (κ1) is 18.1. The van der Waals surface area contributed by atoms with Gasteiger partial charge in [-0.1, -0.05) is 30.3 Å². The number of ether oxygens (including phenoxy) is 1. The fourth-order valence-corrected chi connectivity index (χ4v) is 4.19. The SMILES string of the molecule is C=C(Cn1c2c(c3cc(Cl)ccc31)CCN(C)CC2)c1ccc(OC)cc1. The highest BCUT2D eigenvalue weighted by Crippen LogP contribution is 2.33. The number of fused-ring (bicyclic) bond motifs is 3. The molecule has 2 aromatic carbocycles. The molecule has 0 unspecified atom stereocenters. The lowest BCUT2D eigenvalue weighted by Crippen LogP contribution is -2.21. The van der Waals surface area contributed by atoms with Crippen LogP contribution in [-0.2, 0) is 19.4 Å². The van der Waals surface area contributed by atoms with Gasteiger partial charge in [-0.25, -0.2) is 0 Å². The number of nitrogens with zero attached hydrogens (tertiary/aromatic N) is 2. The molecule has 0 fully saturated rings. The zero-order chi connectivity index (χ0) is 19.0. The average molecular weight is 381 g/mol. The van der Waals surface area contributed by atoms with Crippen LogP contribution in [0.1, 0.15) is 16.8 Å². The van der Waals surface area contributed by atoms with Crippen molar-refractivity contribution in [1.82, 2.24) is 9.47 Å². The van der Waals surface area contributed by atoms with E-state index in [0.717, 1.165) is 54.4 Å². The van der Waals surface area contributed by atoms with Crippen LogP contribution < -0.4 is 4.74 Å². The second-order valence-corrected chi connectivity index (χ2v) is 7.74. The number of halogens is 1. The van der Waals surface area contributed by atoms with Crippen LogP contribution in [0.5, 0.6) is 5.75 Å². The van der Waals surface area contributed by atoms with E-state index in [4.69, 9.17) is 16.3 Å². The summed E-state index contributed by atoms with van der Waals surface area (Å²) >= 11 is 6.32. The first-order valence-corrected chi connectivity index (χ1v) is 9.75. The van der Waals surface area contributed by atoms with Crippen molar-refractivity contribution >= 4 is 28.1 Å². The second kappa shape index (κ2) is 7.41. The van der Waals surface area contributed by atoms with Gasteiger partial charge in [0.2, 0.25) is 0 Å². The van der Waals surface area contributed by atoms with Crippen LogP contribution in [0, 0.1) is 0 Å². The maximum atomic E-state index is 6.32. The lowest BCUT2D eigenvalue weighted by atomic mass is 10.1. The molecular weight excluding hydrogens is 356 g/mol. The van der Waals surface area contributed by atoms with Crippen molar-refractivity contribution in [2.45, 2.75) is 19.4 Å². The fourth-order valence-electron chi connectivity index (χ4n) is 4.01. The molecule has 3 nitrogen and oxygen atoms in total. The zero-order valence-electron chi connectivity index (χ0n) is 16.0. The van der Waals surface area contributed by atoms with Gasteiger partial charge < -0.3 is 14.2 Å². The predicted octanol–water partition coefficient (Wildman–Crippen LogP) is 5.05. The summed E-state index contributed by atoms with van der Waals surface area (Å²) in [4.78, 5) is 2.40.